The summed E-state index contributed by atoms with van der Waals surface area (Å²) < 4.78 is 0. The Morgan fingerprint density at radius 3 is 2.71 bits per heavy atom. The lowest BCUT2D eigenvalue weighted by molar-refractivity contribution is 0.959. The summed E-state index contributed by atoms with van der Waals surface area (Å²) in [6, 6.07) is 3.70. The van der Waals surface area contributed by atoms with Gasteiger partial charge in [-0.25, -0.2) is 4.99 Å². The molecule has 0 bridgehead atoms. The van der Waals surface area contributed by atoms with Gasteiger partial charge < -0.3 is 17.2 Å². The number of H-pyrrole nitrogens is 1. The third-order valence-electron chi connectivity index (χ3n) is 2.13. The zero-order valence-electron chi connectivity index (χ0n) is 9.18. The lowest BCUT2D eigenvalue weighted by atomic mass is 10.2. The number of fused-ring (bicyclic) bond motifs is 1. The standard InChI is InChI=1S/C9H12N8/c1-4-2-3-5-7(16-17-15-5)6(4)13-9(12)14-8(10)11/h2-3H,1H3,(H,15,16,17)(H6,10,11,12,13,14). The number of rotatable bonds is 1. The van der Waals surface area contributed by atoms with Crippen LogP contribution in [0.3, 0.4) is 0 Å². The number of aliphatic imine (C=N–C) groups is 2. The van der Waals surface area contributed by atoms with E-state index in [9.17, 15) is 0 Å². The molecule has 0 fully saturated rings. The topological polar surface area (TPSA) is 144 Å². The van der Waals surface area contributed by atoms with Crippen molar-refractivity contribution in [3.05, 3.63) is 17.7 Å². The molecule has 0 unspecified atom stereocenters. The van der Waals surface area contributed by atoms with Crippen molar-refractivity contribution in [3.63, 3.8) is 0 Å². The van der Waals surface area contributed by atoms with Crippen molar-refractivity contribution in [2.45, 2.75) is 6.92 Å². The summed E-state index contributed by atoms with van der Waals surface area (Å²) in [5.74, 6) is -0.167. The van der Waals surface area contributed by atoms with Crippen LogP contribution in [-0.4, -0.2) is 27.3 Å². The van der Waals surface area contributed by atoms with Gasteiger partial charge in [0.2, 0.25) is 5.96 Å². The van der Waals surface area contributed by atoms with Gasteiger partial charge in [-0.1, -0.05) is 6.07 Å². The second-order valence-electron chi connectivity index (χ2n) is 3.43. The summed E-state index contributed by atoms with van der Waals surface area (Å²) in [7, 11) is 0. The van der Waals surface area contributed by atoms with Gasteiger partial charge in [-0.3, -0.25) is 0 Å². The summed E-state index contributed by atoms with van der Waals surface area (Å²) >= 11 is 0. The lowest BCUT2D eigenvalue weighted by Crippen LogP contribution is -2.26. The van der Waals surface area contributed by atoms with E-state index >= 15 is 0 Å². The van der Waals surface area contributed by atoms with E-state index in [4.69, 9.17) is 17.2 Å². The first-order valence-electron chi connectivity index (χ1n) is 4.82. The fourth-order valence-corrected chi connectivity index (χ4v) is 1.41. The molecule has 2 rings (SSSR count). The highest BCUT2D eigenvalue weighted by atomic mass is 15.3. The molecule has 2 aromatic rings. The Morgan fingerprint density at radius 2 is 2.00 bits per heavy atom. The Balaban J connectivity index is 2.58. The number of aryl methyl sites for hydroxylation is 1. The Hall–Kier alpha value is -2.64. The van der Waals surface area contributed by atoms with Gasteiger partial charge in [0.05, 0.1) is 5.69 Å². The van der Waals surface area contributed by atoms with Crippen molar-refractivity contribution in [1.29, 1.82) is 0 Å². The number of nitrogens with zero attached hydrogens (tertiary/aromatic N) is 4. The summed E-state index contributed by atoms with van der Waals surface area (Å²) in [4.78, 5) is 7.77. The van der Waals surface area contributed by atoms with E-state index in [-0.39, 0.29) is 11.9 Å². The van der Waals surface area contributed by atoms with Gasteiger partial charge in [0.25, 0.3) is 0 Å². The maximum absolute atomic E-state index is 5.58. The molecule has 88 valence electrons. The smallest absolute Gasteiger partial charge is 0.223 e. The molecule has 0 aliphatic heterocycles. The third kappa shape index (κ3) is 2.14. The summed E-state index contributed by atoms with van der Waals surface area (Å²) in [5, 5.41) is 10.5. The molecule has 0 atom stereocenters. The number of nitrogens with two attached hydrogens (primary N) is 3. The van der Waals surface area contributed by atoms with Crippen LogP contribution >= 0.6 is 0 Å². The minimum atomic E-state index is -0.142. The predicted molar refractivity (Wildman–Crippen MR) is 65.7 cm³/mol. The number of aromatic amines is 1. The van der Waals surface area contributed by atoms with Crippen LogP contribution in [0.4, 0.5) is 5.69 Å². The van der Waals surface area contributed by atoms with Crippen molar-refractivity contribution in [1.82, 2.24) is 15.4 Å². The fourth-order valence-electron chi connectivity index (χ4n) is 1.41. The average molecular weight is 232 g/mol. The quantitative estimate of drug-likeness (QED) is 0.386. The van der Waals surface area contributed by atoms with E-state index in [1.807, 2.05) is 19.1 Å². The van der Waals surface area contributed by atoms with E-state index in [1.165, 1.54) is 0 Å². The molecule has 7 N–H and O–H groups in total. The van der Waals surface area contributed by atoms with Gasteiger partial charge >= 0.3 is 0 Å². The first-order valence-corrected chi connectivity index (χ1v) is 4.82. The van der Waals surface area contributed by atoms with Gasteiger partial charge in [0.15, 0.2) is 5.96 Å². The van der Waals surface area contributed by atoms with Crippen LogP contribution in [0.15, 0.2) is 22.1 Å². The number of benzene rings is 1. The Bertz CT molecular complexity index is 604. The molecule has 8 heteroatoms. The van der Waals surface area contributed by atoms with Gasteiger partial charge in [-0.2, -0.15) is 20.4 Å². The number of nitrogens with one attached hydrogen (secondary N) is 1. The summed E-state index contributed by atoms with van der Waals surface area (Å²) in [6.07, 6.45) is 0. The van der Waals surface area contributed by atoms with Crippen molar-refractivity contribution in [3.8, 4) is 0 Å². The van der Waals surface area contributed by atoms with Crippen LogP contribution in [0.25, 0.3) is 11.0 Å². The number of aromatic nitrogens is 3. The molecule has 0 saturated heterocycles. The number of hydrogen-bond donors (Lipinski definition) is 4. The fraction of sp³-hybridized carbons (Fsp3) is 0.111. The van der Waals surface area contributed by atoms with E-state index in [0.29, 0.717) is 16.7 Å². The molecule has 17 heavy (non-hydrogen) atoms. The lowest BCUT2D eigenvalue weighted by Gasteiger charge is -2.00. The van der Waals surface area contributed by atoms with Crippen molar-refractivity contribution >= 4 is 28.6 Å². The SMILES string of the molecule is Cc1ccc2n[nH]nc2c1N=C(N)N=C(N)N. The van der Waals surface area contributed by atoms with Gasteiger partial charge in [0.1, 0.15) is 11.0 Å². The highest BCUT2D eigenvalue weighted by molar-refractivity contribution is 5.96. The molecular formula is C9H12N8. The van der Waals surface area contributed by atoms with Crippen molar-refractivity contribution < 1.29 is 0 Å². The third-order valence-corrected chi connectivity index (χ3v) is 2.13. The summed E-state index contributed by atoms with van der Waals surface area (Å²) in [6.45, 7) is 1.88. The van der Waals surface area contributed by atoms with Crippen molar-refractivity contribution in [2.24, 2.45) is 27.2 Å². The van der Waals surface area contributed by atoms with Gasteiger partial charge in [-0.05, 0) is 18.6 Å². The van der Waals surface area contributed by atoms with Crippen LogP contribution in [-0.2, 0) is 0 Å². The maximum Gasteiger partial charge on any atom is 0.223 e. The van der Waals surface area contributed by atoms with Gasteiger partial charge in [-0.15, -0.1) is 0 Å². The van der Waals surface area contributed by atoms with Crippen LogP contribution in [0.2, 0.25) is 0 Å². The molecule has 1 aromatic heterocycles. The minimum absolute atomic E-state index is 0.0244. The first kappa shape index (κ1) is 10.9. The zero-order valence-corrected chi connectivity index (χ0v) is 9.18. The molecular weight excluding hydrogens is 220 g/mol. The Morgan fingerprint density at radius 1 is 1.24 bits per heavy atom. The molecule has 1 aromatic carbocycles. The molecule has 0 spiro atoms. The van der Waals surface area contributed by atoms with Crippen LogP contribution < -0.4 is 17.2 Å². The van der Waals surface area contributed by atoms with E-state index in [2.05, 4.69) is 25.4 Å². The normalized spacial score (nSPS) is 11.7. The van der Waals surface area contributed by atoms with Crippen LogP contribution in [0, 0.1) is 6.92 Å². The Kier molecular flexibility index (Phi) is 2.61. The molecule has 8 nitrogen and oxygen atoms in total. The predicted octanol–water partition coefficient (Wildman–Crippen LogP) is -0.514. The second-order valence-corrected chi connectivity index (χ2v) is 3.43. The maximum atomic E-state index is 5.58. The largest absolute Gasteiger partial charge is 0.370 e. The van der Waals surface area contributed by atoms with E-state index < -0.39 is 0 Å². The first-order chi connectivity index (χ1) is 8.08. The highest BCUT2D eigenvalue weighted by Gasteiger charge is 2.07. The molecule has 0 aliphatic rings. The zero-order chi connectivity index (χ0) is 12.4. The summed E-state index contributed by atoms with van der Waals surface area (Å²) in [5.41, 5.74) is 18.8. The van der Waals surface area contributed by atoms with Crippen LogP contribution in [0.1, 0.15) is 5.56 Å². The highest BCUT2D eigenvalue weighted by Crippen LogP contribution is 2.26. The van der Waals surface area contributed by atoms with Crippen LogP contribution in [0.5, 0.6) is 0 Å². The number of guanidine groups is 2. The van der Waals surface area contributed by atoms with Gasteiger partial charge in [0, 0.05) is 0 Å². The van der Waals surface area contributed by atoms with E-state index in [0.717, 1.165) is 5.56 Å². The minimum Gasteiger partial charge on any atom is -0.370 e. The van der Waals surface area contributed by atoms with E-state index in [1.54, 1.807) is 0 Å². The number of hydrogen-bond acceptors (Lipinski definition) is 3. The molecule has 1 heterocycles. The average Bonchev–Trinajstić information content (AvgIpc) is 2.69. The molecule has 0 radical (unpaired) electrons. The monoisotopic (exact) mass is 232 g/mol. The second kappa shape index (κ2) is 4.08. The molecule has 0 aliphatic carbocycles. The molecule has 0 amide bonds. The van der Waals surface area contributed by atoms with Crippen molar-refractivity contribution in [2.75, 3.05) is 0 Å². The Labute approximate surface area is 96.6 Å². The molecule has 0 saturated carbocycles.